The summed E-state index contributed by atoms with van der Waals surface area (Å²) < 4.78 is 30.5. The molecule has 1 unspecified atom stereocenters. The van der Waals surface area contributed by atoms with E-state index >= 15 is 0 Å². The Morgan fingerprint density at radius 3 is 2.29 bits per heavy atom. The Hall–Kier alpha value is -0.170. The van der Waals surface area contributed by atoms with Crippen LogP contribution in [0.3, 0.4) is 0 Å². The minimum atomic E-state index is -3.34. The highest BCUT2D eigenvalue weighted by atomic mass is 32.2. The molecule has 0 spiro atoms. The van der Waals surface area contributed by atoms with Crippen molar-refractivity contribution >= 4 is 10.0 Å². The Labute approximate surface area is 105 Å². The minimum absolute atomic E-state index is 0.0248. The molecule has 0 radical (unpaired) electrons. The van der Waals surface area contributed by atoms with E-state index in [0.29, 0.717) is 12.3 Å². The van der Waals surface area contributed by atoms with Gasteiger partial charge in [-0.3, -0.25) is 0 Å². The van der Waals surface area contributed by atoms with Crippen LogP contribution in [0.1, 0.15) is 34.1 Å². The Kier molecular flexibility index (Phi) is 7.94. The highest BCUT2D eigenvalue weighted by molar-refractivity contribution is 7.89. The van der Waals surface area contributed by atoms with Crippen molar-refractivity contribution in [1.29, 1.82) is 0 Å². The Balaban J connectivity index is 3.85. The van der Waals surface area contributed by atoms with Gasteiger partial charge >= 0.3 is 0 Å². The van der Waals surface area contributed by atoms with Gasteiger partial charge in [0.15, 0.2) is 0 Å². The first kappa shape index (κ1) is 16.8. The average Bonchev–Trinajstić information content (AvgIpc) is 2.13. The van der Waals surface area contributed by atoms with Gasteiger partial charge in [-0.1, -0.05) is 13.8 Å². The number of hydrogen-bond donors (Lipinski definition) is 2. The zero-order valence-corrected chi connectivity index (χ0v) is 12.0. The number of sulfonamides is 1. The predicted octanol–water partition coefficient (Wildman–Crippen LogP) is 0.738. The molecule has 0 amide bonds. The molecule has 0 saturated carbocycles. The first-order chi connectivity index (χ1) is 7.73. The van der Waals surface area contributed by atoms with E-state index in [1.165, 1.54) is 0 Å². The summed E-state index contributed by atoms with van der Waals surface area (Å²) in [5.74, 6) is 0.276. The SMILES string of the molecule is CC(C)CC(O)CNS(=O)(=O)CCOC(C)C. The Morgan fingerprint density at radius 2 is 1.82 bits per heavy atom. The summed E-state index contributed by atoms with van der Waals surface area (Å²) in [5, 5.41) is 9.54. The van der Waals surface area contributed by atoms with Crippen molar-refractivity contribution in [3.05, 3.63) is 0 Å². The van der Waals surface area contributed by atoms with E-state index in [2.05, 4.69) is 4.72 Å². The monoisotopic (exact) mass is 267 g/mol. The number of ether oxygens (including phenoxy) is 1. The predicted molar refractivity (Wildman–Crippen MR) is 68.3 cm³/mol. The number of aliphatic hydroxyl groups is 1. The second-order valence-corrected chi connectivity index (χ2v) is 6.80. The van der Waals surface area contributed by atoms with E-state index in [1.54, 1.807) is 0 Å². The van der Waals surface area contributed by atoms with Crippen LogP contribution < -0.4 is 4.72 Å². The maximum Gasteiger partial charge on any atom is 0.213 e. The van der Waals surface area contributed by atoms with Crippen molar-refractivity contribution in [2.45, 2.75) is 46.3 Å². The van der Waals surface area contributed by atoms with Gasteiger partial charge in [-0.2, -0.15) is 0 Å². The van der Waals surface area contributed by atoms with Gasteiger partial charge in [0.1, 0.15) is 0 Å². The third kappa shape index (κ3) is 10.7. The van der Waals surface area contributed by atoms with Gasteiger partial charge in [-0.25, -0.2) is 13.1 Å². The summed E-state index contributed by atoms with van der Waals surface area (Å²) in [5.41, 5.74) is 0. The molecule has 17 heavy (non-hydrogen) atoms. The van der Waals surface area contributed by atoms with Crippen molar-refractivity contribution in [2.75, 3.05) is 18.9 Å². The number of hydrogen-bond acceptors (Lipinski definition) is 4. The lowest BCUT2D eigenvalue weighted by molar-refractivity contribution is 0.0910. The van der Waals surface area contributed by atoms with Gasteiger partial charge in [0.05, 0.1) is 24.6 Å². The van der Waals surface area contributed by atoms with Gasteiger partial charge in [0.2, 0.25) is 10.0 Å². The molecule has 5 nitrogen and oxygen atoms in total. The summed E-state index contributed by atoms with van der Waals surface area (Å²) in [6, 6.07) is 0. The van der Waals surface area contributed by atoms with Crippen LogP contribution in [0.4, 0.5) is 0 Å². The molecule has 0 aliphatic heterocycles. The first-order valence-electron chi connectivity index (χ1n) is 6.00. The van der Waals surface area contributed by atoms with Crippen LogP contribution in [-0.2, 0) is 14.8 Å². The second-order valence-electron chi connectivity index (χ2n) is 4.87. The van der Waals surface area contributed by atoms with Gasteiger partial charge in [0.25, 0.3) is 0 Å². The highest BCUT2D eigenvalue weighted by Crippen LogP contribution is 2.03. The molecular weight excluding hydrogens is 242 g/mol. The van der Waals surface area contributed by atoms with Gasteiger partial charge in [-0.05, 0) is 26.2 Å². The summed E-state index contributed by atoms with van der Waals surface area (Å²) in [7, 11) is -3.34. The molecule has 0 saturated heterocycles. The van der Waals surface area contributed by atoms with Crippen LogP contribution in [0.15, 0.2) is 0 Å². The van der Waals surface area contributed by atoms with Crippen molar-refractivity contribution < 1.29 is 18.3 Å². The maximum absolute atomic E-state index is 11.5. The molecule has 0 aromatic heterocycles. The average molecular weight is 267 g/mol. The fourth-order valence-electron chi connectivity index (χ4n) is 1.32. The van der Waals surface area contributed by atoms with Gasteiger partial charge in [0, 0.05) is 6.54 Å². The smallest absolute Gasteiger partial charge is 0.213 e. The van der Waals surface area contributed by atoms with Crippen molar-refractivity contribution in [1.82, 2.24) is 4.72 Å². The standard InChI is InChI=1S/C11H25NO4S/c1-9(2)7-11(13)8-12-17(14,15)6-5-16-10(3)4/h9-13H,5-8H2,1-4H3. The number of rotatable bonds is 9. The van der Waals surface area contributed by atoms with E-state index < -0.39 is 16.1 Å². The molecule has 0 heterocycles. The molecule has 6 heteroatoms. The van der Waals surface area contributed by atoms with Crippen LogP contribution in [0.2, 0.25) is 0 Å². The first-order valence-corrected chi connectivity index (χ1v) is 7.65. The van der Waals surface area contributed by atoms with E-state index in [1.807, 2.05) is 27.7 Å². The maximum atomic E-state index is 11.5. The molecule has 1 atom stereocenters. The highest BCUT2D eigenvalue weighted by Gasteiger charge is 2.14. The molecule has 0 fully saturated rings. The van der Waals surface area contributed by atoms with Crippen molar-refractivity contribution in [2.24, 2.45) is 5.92 Å². The summed E-state index contributed by atoms with van der Waals surface area (Å²) in [6.07, 6.45) is -0.0158. The molecule has 104 valence electrons. The van der Waals surface area contributed by atoms with E-state index in [9.17, 15) is 13.5 Å². The van der Waals surface area contributed by atoms with Crippen molar-refractivity contribution in [3.63, 3.8) is 0 Å². The largest absolute Gasteiger partial charge is 0.392 e. The lowest BCUT2D eigenvalue weighted by atomic mass is 10.1. The molecular formula is C11H25NO4S. The number of aliphatic hydroxyl groups excluding tert-OH is 1. The van der Waals surface area contributed by atoms with E-state index in [0.717, 1.165) is 0 Å². The minimum Gasteiger partial charge on any atom is -0.392 e. The van der Waals surface area contributed by atoms with E-state index in [-0.39, 0.29) is 25.0 Å². The van der Waals surface area contributed by atoms with Crippen molar-refractivity contribution in [3.8, 4) is 0 Å². The van der Waals surface area contributed by atoms with Crippen LogP contribution in [0.25, 0.3) is 0 Å². The van der Waals surface area contributed by atoms with Crippen LogP contribution >= 0.6 is 0 Å². The van der Waals surface area contributed by atoms with Crippen LogP contribution in [0.5, 0.6) is 0 Å². The normalized spacial score (nSPS) is 14.5. The van der Waals surface area contributed by atoms with Crippen LogP contribution in [0, 0.1) is 5.92 Å². The molecule has 0 aliphatic rings. The lowest BCUT2D eigenvalue weighted by Crippen LogP contribution is -2.35. The molecule has 0 bridgehead atoms. The lowest BCUT2D eigenvalue weighted by Gasteiger charge is -2.14. The molecule has 0 rings (SSSR count). The van der Waals surface area contributed by atoms with Gasteiger partial charge < -0.3 is 9.84 Å². The summed E-state index contributed by atoms with van der Waals surface area (Å²) >= 11 is 0. The fraction of sp³-hybridized carbons (Fsp3) is 1.00. The molecule has 0 aliphatic carbocycles. The quantitative estimate of drug-likeness (QED) is 0.646. The topological polar surface area (TPSA) is 75.6 Å². The van der Waals surface area contributed by atoms with Crippen LogP contribution in [-0.4, -0.2) is 44.6 Å². The Morgan fingerprint density at radius 1 is 1.24 bits per heavy atom. The number of nitrogens with one attached hydrogen (secondary N) is 1. The fourth-order valence-corrected chi connectivity index (χ4v) is 2.22. The molecule has 2 N–H and O–H groups in total. The van der Waals surface area contributed by atoms with Gasteiger partial charge in [-0.15, -0.1) is 0 Å². The third-order valence-electron chi connectivity index (χ3n) is 2.09. The zero-order chi connectivity index (χ0) is 13.5. The summed E-state index contributed by atoms with van der Waals surface area (Å²) in [4.78, 5) is 0. The summed E-state index contributed by atoms with van der Waals surface area (Å²) in [6.45, 7) is 7.91. The Bertz CT molecular complexity index is 288. The molecule has 0 aromatic rings. The third-order valence-corrected chi connectivity index (χ3v) is 3.40. The second kappa shape index (κ2) is 8.02. The van der Waals surface area contributed by atoms with E-state index in [4.69, 9.17) is 4.74 Å². The zero-order valence-electron chi connectivity index (χ0n) is 11.1. The molecule has 0 aromatic carbocycles.